The molecule has 10 heteroatoms. The second-order valence-corrected chi connectivity index (χ2v) is 9.03. The zero-order valence-electron chi connectivity index (χ0n) is 22.1. The van der Waals surface area contributed by atoms with Crippen LogP contribution in [-0.2, 0) is 20.9 Å². The van der Waals surface area contributed by atoms with Crippen LogP contribution in [0.15, 0.2) is 95.0 Å². The normalized spacial score (nSPS) is 18.1. The number of nitrogens with one attached hydrogen (secondary N) is 1. The van der Waals surface area contributed by atoms with E-state index in [0.29, 0.717) is 29.9 Å². The Bertz CT molecular complexity index is 1390. The molecule has 40 heavy (non-hydrogen) atoms. The van der Waals surface area contributed by atoms with Gasteiger partial charge in [0, 0.05) is 29.9 Å². The number of benzene rings is 3. The molecule has 0 saturated heterocycles. The van der Waals surface area contributed by atoms with E-state index in [2.05, 4.69) is 15.5 Å². The maximum Gasteiger partial charge on any atom is 0.276 e. The van der Waals surface area contributed by atoms with Crippen LogP contribution in [0.5, 0.6) is 5.75 Å². The number of azide groups is 1. The van der Waals surface area contributed by atoms with E-state index in [1.807, 2.05) is 66.7 Å². The minimum absolute atomic E-state index is 0.0512. The molecule has 1 amide bonds. The van der Waals surface area contributed by atoms with Gasteiger partial charge in [-0.25, -0.2) is 10.5 Å². The molecule has 0 fully saturated rings. The third-order valence-corrected chi connectivity index (χ3v) is 6.41. The summed E-state index contributed by atoms with van der Waals surface area (Å²) in [5.41, 5.74) is 13.0. The summed E-state index contributed by atoms with van der Waals surface area (Å²) in [6.07, 6.45) is 3.70. The summed E-state index contributed by atoms with van der Waals surface area (Å²) in [6.45, 7) is 0.532. The van der Waals surface area contributed by atoms with Crippen molar-refractivity contribution in [2.45, 2.75) is 31.0 Å². The molecule has 2 atom stereocenters. The number of amides is 1. The van der Waals surface area contributed by atoms with Crippen LogP contribution < -0.4 is 10.2 Å². The van der Waals surface area contributed by atoms with Crippen molar-refractivity contribution in [2.75, 3.05) is 20.3 Å². The SMILES string of the molecule is CONC(=O)[C@@]1(C/C=C/c2ccccc2)N=C(c2ccc(OCCCO)cc2)O[C@H]1c1ccccc1CN=[N+]=[N-]. The molecule has 4 rings (SSSR count). The second kappa shape index (κ2) is 14.0. The zero-order chi connectivity index (χ0) is 28.2. The summed E-state index contributed by atoms with van der Waals surface area (Å²) in [6, 6.07) is 24.3. The van der Waals surface area contributed by atoms with Gasteiger partial charge < -0.3 is 14.6 Å². The highest BCUT2D eigenvalue weighted by molar-refractivity contribution is 6.01. The fourth-order valence-corrected chi connectivity index (χ4v) is 4.45. The fourth-order valence-electron chi connectivity index (χ4n) is 4.45. The molecule has 1 heterocycles. The summed E-state index contributed by atoms with van der Waals surface area (Å²) in [4.78, 5) is 26.6. The second-order valence-electron chi connectivity index (χ2n) is 9.03. The van der Waals surface area contributed by atoms with E-state index in [4.69, 9.17) is 29.9 Å². The summed E-state index contributed by atoms with van der Waals surface area (Å²) in [5, 5.41) is 12.7. The Balaban J connectivity index is 1.77. The number of aliphatic imine (C=N–C) groups is 1. The summed E-state index contributed by atoms with van der Waals surface area (Å²) in [5.74, 6) is 0.446. The van der Waals surface area contributed by atoms with E-state index in [1.165, 1.54) is 7.11 Å². The van der Waals surface area contributed by atoms with E-state index < -0.39 is 17.6 Å². The first kappa shape index (κ1) is 28.4. The van der Waals surface area contributed by atoms with Crippen molar-refractivity contribution in [1.29, 1.82) is 0 Å². The van der Waals surface area contributed by atoms with Gasteiger partial charge in [0.2, 0.25) is 5.90 Å². The number of hydroxylamine groups is 1. The molecule has 0 saturated carbocycles. The van der Waals surface area contributed by atoms with Crippen molar-refractivity contribution in [3.05, 3.63) is 118 Å². The highest BCUT2D eigenvalue weighted by Gasteiger charge is 2.53. The molecule has 206 valence electrons. The number of nitrogens with zero attached hydrogens (tertiary/aromatic N) is 4. The highest BCUT2D eigenvalue weighted by atomic mass is 16.6. The number of carbonyl (C=O) groups is 1. The number of hydrogen-bond donors (Lipinski definition) is 2. The molecule has 2 N–H and O–H groups in total. The number of carbonyl (C=O) groups excluding carboxylic acids is 1. The number of aliphatic hydroxyl groups excluding tert-OH is 1. The van der Waals surface area contributed by atoms with E-state index in [1.54, 1.807) is 24.3 Å². The Labute approximate surface area is 232 Å². The standard InChI is InChI=1S/C30H31N5O5/c1-38-34-29(37)30(18-7-11-22-9-3-2-4-10-22)27(26-13-6-5-12-24(26)21-32-35-31)40-28(33-30)23-14-16-25(17-15-23)39-20-8-19-36/h2-7,9-17,27,36H,8,18-21H2,1H3,(H,34,37)/b11-7+/t27-,30-/m0/s1. The lowest BCUT2D eigenvalue weighted by atomic mass is 9.82. The highest BCUT2D eigenvalue weighted by Crippen LogP contribution is 2.44. The van der Waals surface area contributed by atoms with Gasteiger partial charge in [0.1, 0.15) is 5.75 Å². The lowest BCUT2D eigenvalue weighted by Crippen LogP contribution is -2.47. The Morgan fingerprint density at radius 1 is 1.15 bits per heavy atom. The molecule has 1 aliphatic heterocycles. The van der Waals surface area contributed by atoms with Gasteiger partial charge in [-0.1, -0.05) is 71.9 Å². The van der Waals surface area contributed by atoms with Crippen molar-refractivity contribution in [1.82, 2.24) is 5.48 Å². The van der Waals surface area contributed by atoms with Crippen molar-refractivity contribution >= 4 is 17.9 Å². The predicted octanol–water partition coefficient (Wildman–Crippen LogP) is 5.30. The van der Waals surface area contributed by atoms with Crippen LogP contribution in [0.1, 0.15) is 41.2 Å². The van der Waals surface area contributed by atoms with E-state index in [0.717, 1.165) is 11.1 Å². The lowest BCUT2D eigenvalue weighted by Gasteiger charge is -2.30. The molecular formula is C30H31N5O5. The first-order valence-corrected chi connectivity index (χ1v) is 12.9. The van der Waals surface area contributed by atoms with Crippen LogP contribution in [0, 0.1) is 0 Å². The van der Waals surface area contributed by atoms with Gasteiger partial charge in [-0.15, -0.1) is 0 Å². The Hall–Kier alpha value is -4.63. The zero-order valence-corrected chi connectivity index (χ0v) is 22.1. The minimum atomic E-state index is -1.43. The van der Waals surface area contributed by atoms with Gasteiger partial charge in [0.25, 0.3) is 5.91 Å². The molecule has 3 aromatic carbocycles. The average Bonchev–Trinajstić information content (AvgIpc) is 3.38. The Morgan fingerprint density at radius 3 is 2.62 bits per heavy atom. The maximum absolute atomic E-state index is 13.7. The fraction of sp³-hybridized carbons (Fsp3) is 0.267. The molecule has 10 nitrogen and oxygen atoms in total. The van der Waals surface area contributed by atoms with E-state index >= 15 is 0 Å². The molecule has 0 spiro atoms. The van der Waals surface area contributed by atoms with Gasteiger partial charge in [-0.3, -0.25) is 9.63 Å². The average molecular weight is 542 g/mol. The van der Waals surface area contributed by atoms with Crippen LogP contribution in [-0.4, -0.2) is 42.8 Å². The summed E-state index contributed by atoms with van der Waals surface area (Å²) >= 11 is 0. The van der Waals surface area contributed by atoms with Crippen LogP contribution >= 0.6 is 0 Å². The topological polar surface area (TPSA) is 138 Å². The van der Waals surface area contributed by atoms with E-state index in [-0.39, 0.29) is 25.5 Å². The van der Waals surface area contributed by atoms with Crippen molar-refractivity contribution in [3.8, 4) is 5.75 Å². The molecule has 0 unspecified atom stereocenters. The van der Waals surface area contributed by atoms with Crippen molar-refractivity contribution < 1.29 is 24.2 Å². The maximum atomic E-state index is 13.7. The lowest BCUT2D eigenvalue weighted by molar-refractivity contribution is -0.139. The molecule has 1 aliphatic rings. The minimum Gasteiger partial charge on any atom is -0.494 e. The van der Waals surface area contributed by atoms with Crippen LogP contribution in [0.3, 0.4) is 0 Å². The van der Waals surface area contributed by atoms with Crippen LogP contribution in [0.2, 0.25) is 0 Å². The number of hydrogen-bond acceptors (Lipinski definition) is 7. The smallest absolute Gasteiger partial charge is 0.276 e. The number of aliphatic hydroxyl groups is 1. The van der Waals surface area contributed by atoms with Crippen LogP contribution in [0.25, 0.3) is 16.5 Å². The third-order valence-electron chi connectivity index (χ3n) is 6.41. The van der Waals surface area contributed by atoms with Gasteiger partial charge in [0.05, 0.1) is 20.3 Å². The molecule has 0 radical (unpaired) electrons. The monoisotopic (exact) mass is 541 g/mol. The largest absolute Gasteiger partial charge is 0.494 e. The molecular weight excluding hydrogens is 510 g/mol. The van der Waals surface area contributed by atoms with Gasteiger partial charge >= 0.3 is 0 Å². The summed E-state index contributed by atoms with van der Waals surface area (Å²) in [7, 11) is 1.37. The predicted molar refractivity (Wildman–Crippen MR) is 151 cm³/mol. The van der Waals surface area contributed by atoms with Crippen molar-refractivity contribution in [3.63, 3.8) is 0 Å². The van der Waals surface area contributed by atoms with Gasteiger partial charge in [-0.05, 0) is 46.5 Å². The third kappa shape index (κ3) is 6.68. The Morgan fingerprint density at radius 2 is 1.90 bits per heavy atom. The van der Waals surface area contributed by atoms with Gasteiger partial charge in [0.15, 0.2) is 11.6 Å². The Kier molecular flexibility index (Phi) is 9.90. The molecule has 0 aliphatic carbocycles. The first-order chi connectivity index (χ1) is 19.6. The van der Waals surface area contributed by atoms with Gasteiger partial charge in [-0.2, -0.15) is 0 Å². The quantitative estimate of drug-likeness (QED) is 0.0995. The number of rotatable bonds is 13. The summed E-state index contributed by atoms with van der Waals surface area (Å²) < 4.78 is 12.1. The van der Waals surface area contributed by atoms with Crippen LogP contribution in [0.4, 0.5) is 0 Å². The first-order valence-electron chi connectivity index (χ1n) is 12.9. The molecule has 0 bridgehead atoms. The number of ether oxygens (including phenoxy) is 2. The molecule has 0 aromatic heterocycles. The van der Waals surface area contributed by atoms with E-state index in [9.17, 15) is 4.79 Å². The van der Waals surface area contributed by atoms with Crippen molar-refractivity contribution in [2.24, 2.45) is 10.1 Å². The molecule has 3 aromatic rings.